The van der Waals surface area contributed by atoms with Gasteiger partial charge in [0.2, 0.25) is 0 Å². The maximum Gasteiger partial charge on any atom is 0.0541 e. The lowest BCUT2D eigenvalue weighted by Crippen LogP contribution is -2.10. The zero-order valence-electron chi connectivity index (χ0n) is 71.8. The van der Waals surface area contributed by atoms with Crippen molar-refractivity contribution in [1.82, 2.24) is 13.7 Å². The zero-order valence-corrected chi connectivity index (χ0v) is 71.8. The lowest BCUT2D eigenvalue weighted by Gasteiger charge is -2.21. The molecule has 128 heavy (non-hydrogen) atoms. The molecule has 3 heterocycles. The fourth-order valence-corrected chi connectivity index (χ4v) is 20.7. The highest BCUT2D eigenvalue weighted by molar-refractivity contribution is 6.26. The van der Waals surface area contributed by atoms with Crippen molar-refractivity contribution < 1.29 is 0 Å². The first-order valence-electron chi connectivity index (χ1n) is 44.5. The van der Waals surface area contributed by atoms with Crippen LogP contribution >= 0.6 is 0 Å². The number of para-hydroxylation sites is 6. The molecule has 25 aromatic rings. The van der Waals surface area contributed by atoms with Crippen LogP contribution in [0.1, 0.15) is 31.9 Å². The minimum absolute atomic E-state index is 0.119. The van der Waals surface area contributed by atoms with Crippen LogP contribution in [0.4, 0.5) is 0 Å². The van der Waals surface area contributed by atoms with Crippen LogP contribution in [0.5, 0.6) is 0 Å². The molecule has 0 unspecified atom stereocenters. The molecule has 0 radical (unpaired) electrons. The monoisotopic (exact) mass is 1630 g/mol. The zero-order chi connectivity index (χ0) is 85.5. The number of hydrogen-bond donors (Lipinski definition) is 0. The van der Waals surface area contributed by atoms with Crippen molar-refractivity contribution in [1.29, 1.82) is 0 Å². The molecular formula is C125H89N3. The van der Waals surface area contributed by atoms with E-state index in [4.69, 9.17) is 0 Å². The minimum Gasteiger partial charge on any atom is -0.309 e. The Kier molecular flexibility index (Phi) is 19.1. The van der Waals surface area contributed by atoms with E-state index in [9.17, 15) is 0 Å². The maximum atomic E-state index is 2.41. The van der Waals surface area contributed by atoms with E-state index in [0.717, 1.165) is 5.69 Å². The Morgan fingerprint density at radius 3 is 0.641 bits per heavy atom. The molecule has 0 aliphatic rings. The van der Waals surface area contributed by atoms with Gasteiger partial charge < -0.3 is 13.7 Å². The first kappa shape index (κ1) is 76.7. The fraction of sp³-hybridized carbons (Fsp3) is 0.0400. The number of rotatable bonds is 10. The van der Waals surface area contributed by atoms with E-state index in [1.54, 1.807) is 0 Å². The number of nitrogens with zero attached hydrogens (tertiary/aromatic N) is 3. The van der Waals surface area contributed by atoms with Crippen LogP contribution in [0.25, 0.3) is 225 Å². The van der Waals surface area contributed by atoms with E-state index in [0.29, 0.717) is 0 Å². The van der Waals surface area contributed by atoms with Crippen LogP contribution in [-0.2, 0) is 5.41 Å². The molecular weight excluding hydrogens is 1540 g/mol. The molecule has 0 N–H and O–H groups in total. The number of aromatic nitrogens is 3. The first-order chi connectivity index (χ1) is 63.1. The number of fused-ring (bicyclic) bond motifs is 15. The van der Waals surface area contributed by atoms with E-state index in [2.05, 4.69) is 509 Å². The summed E-state index contributed by atoms with van der Waals surface area (Å²) in [6, 6.07) is 171. The molecule has 3 heteroatoms. The summed E-state index contributed by atoms with van der Waals surface area (Å²) in [5, 5.41) is 22.9. The standard InChI is InChI=1S/C44H29N.C42H33N.C39H27N/c1-2-15-30(16-3-1)33-19-4-5-22-36(33)44-39-25-8-6-23-37(39)43(38-24-7-9-26-40(38)44)31-17-14-18-32(29-31)45-41-27-12-10-20-34(41)35-21-11-13-28-42(35)45;1-42(2,3)30-25-23-28(24-26-30)40-34-17-4-6-19-36(34)41(37-20-7-5-18-35(37)40)29-13-12-14-31(27-29)43-38-21-10-8-15-32(38)33-16-9-11-22-39(33)43;1-26-21-23-27(24-22-26)38-32-15-2-4-17-34(32)39(35-18-5-3-16-33(35)38)28-11-10-12-29(25-28)40-36-19-8-6-13-30(36)31-14-7-9-20-37(31)40/h1-29H;4-27H,1-3H3;2-25H,1H3. The Bertz CT molecular complexity index is 8330. The Hall–Kier alpha value is -16.2. The van der Waals surface area contributed by atoms with E-state index in [-0.39, 0.29) is 5.41 Å². The van der Waals surface area contributed by atoms with Gasteiger partial charge in [0.05, 0.1) is 33.1 Å². The van der Waals surface area contributed by atoms with Crippen LogP contribution in [0, 0.1) is 6.92 Å². The second-order valence-electron chi connectivity index (χ2n) is 34.9. The van der Waals surface area contributed by atoms with E-state index in [1.165, 1.54) is 230 Å². The molecule has 0 bridgehead atoms. The van der Waals surface area contributed by atoms with Crippen LogP contribution in [0.15, 0.2) is 467 Å². The van der Waals surface area contributed by atoms with Gasteiger partial charge in [-0.05, 0) is 233 Å². The second kappa shape index (κ2) is 31.8. The van der Waals surface area contributed by atoms with Crippen molar-refractivity contribution in [2.45, 2.75) is 33.1 Å². The van der Waals surface area contributed by atoms with E-state index >= 15 is 0 Å². The highest BCUT2D eigenvalue weighted by Gasteiger charge is 2.25. The molecule has 3 aromatic heterocycles. The Morgan fingerprint density at radius 1 is 0.156 bits per heavy atom. The molecule has 0 saturated carbocycles. The first-order valence-corrected chi connectivity index (χ1v) is 44.5. The third-order valence-corrected chi connectivity index (χ3v) is 26.4. The molecule has 0 atom stereocenters. The number of aryl methyl sites for hydroxylation is 1. The van der Waals surface area contributed by atoms with Gasteiger partial charge in [0.25, 0.3) is 0 Å². The maximum absolute atomic E-state index is 2.41. The lowest BCUT2D eigenvalue weighted by atomic mass is 9.83. The highest BCUT2D eigenvalue weighted by atomic mass is 15.0. The average Bonchev–Trinajstić information content (AvgIpc) is 1.10. The van der Waals surface area contributed by atoms with Crippen LogP contribution in [0.3, 0.4) is 0 Å². The number of hydrogen-bond acceptors (Lipinski definition) is 0. The molecule has 0 fully saturated rings. The van der Waals surface area contributed by atoms with Gasteiger partial charge in [0.1, 0.15) is 0 Å². The van der Waals surface area contributed by atoms with Gasteiger partial charge in [-0.2, -0.15) is 0 Å². The third-order valence-electron chi connectivity index (χ3n) is 26.4. The largest absolute Gasteiger partial charge is 0.309 e. The summed E-state index contributed by atoms with van der Waals surface area (Å²) in [5.41, 5.74) is 31.2. The molecule has 0 amide bonds. The summed E-state index contributed by atoms with van der Waals surface area (Å²) >= 11 is 0. The lowest BCUT2D eigenvalue weighted by molar-refractivity contribution is 0.590. The van der Waals surface area contributed by atoms with E-state index in [1.807, 2.05) is 0 Å². The normalized spacial score (nSPS) is 11.8. The molecule has 22 aromatic carbocycles. The average molecular weight is 1630 g/mol. The van der Waals surface area contributed by atoms with Crippen LogP contribution in [0.2, 0.25) is 0 Å². The summed E-state index contributed by atoms with van der Waals surface area (Å²) in [6.07, 6.45) is 0. The SMILES string of the molecule is CC(C)(C)c1ccc(-c2c3ccccc3c(-c3cccc(-n4c5ccccc5c5ccccc54)c3)c3ccccc23)cc1.Cc1ccc(-c2c3ccccc3c(-c3cccc(-n4c5ccccc5c5ccccc54)c3)c3ccccc23)cc1.c1ccc(-c2ccccc2-c2c3ccccc3c(-c3cccc(-n4c5ccccc5c5ccccc54)c3)c3ccccc23)cc1. The Balaban J connectivity index is 0.000000110. The predicted octanol–water partition coefficient (Wildman–Crippen LogP) is 34.5. The van der Waals surface area contributed by atoms with Gasteiger partial charge in [0, 0.05) is 49.4 Å². The quantitative estimate of drug-likeness (QED) is 0.121. The van der Waals surface area contributed by atoms with Gasteiger partial charge in [-0.3, -0.25) is 0 Å². The van der Waals surface area contributed by atoms with Gasteiger partial charge in [-0.1, -0.05) is 421 Å². The highest BCUT2D eigenvalue weighted by Crippen LogP contribution is 2.51. The Morgan fingerprint density at radius 2 is 0.367 bits per heavy atom. The van der Waals surface area contributed by atoms with Crippen molar-refractivity contribution in [3.8, 4) is 95.0 Å². The van der Waals surface area contributed by atoms with Crippen molar-refractivity contribution in [3.05, 3.63) is 478 Å². The smallest absolute Gasteiger partial charge is 0.0541 e. The van der Waals surface area contributed by atoms with Crippen molar-refractivity contribution in [2.75, 3.05) is 0 Å². The van der Waals surface area contributed by atoms with Gasteiger partial charge in [0.15, 0.2) is 0 Å². The molecule has 25 rings (SSSR count). The van der Waals surface area contributed by atoms with Gasteiger partial charge in [-0.15, -0.1) is 0 Å². The summed E-state index contributed by atoms with van der Waals surface area (Å²) in [5.74, 6) is 0. The summed E-state index contributed by atoms with van der Waals surface area (Å²) in [7, 11) is 0. The van der Waals surface area contributed by atoms with Crippen molar-refractivity contribution in [3.63, 3.8) is 0 Å². The van der Waals surface area contributed by atoms with Crippen LogP contribution < -0.4 is 0 Å². The summed E-state index contributed by atoms with van der Waals surface area (Å²) < 4.78 is 7.21. The van der Waals surface area contributed by atoms with E-state index < -0.39 is 0 Å². The Labute approximate surface area is 744 Å². The minimum atomic E-state index is 0.119. The van der Waals surface area contributed by atoms with Gasteiger partial charge >= 0.3 is 0 Å². The molecule has 0 aliphatic heterocycles. The van der Waals surface area contributed by atoms with Gasteiger partial charge in [-0.25, -0.2) is 0 Å². The topological polar surface area (TPSA) is 14.8 Å². The summed E-state index contributed by atoms with van der Waals surface area (Å²) in [4.78, 5) is 0. The predicted molar refractivity (Wildman–Crippen MR) is 549 cm³/mol. The molecule has 0 spiro atoms. The summed E-state index contributed by atoms with van der Waals surface area (Å²) in [6.45, 7) is 8.96. The third kappa shape index (κ3) is 13.1. The van der Waals surface area contributed by atoms with Crippen molar-refractivity contribution in [2.24, 2.45) is 0 Å². The second-order valence-corrected chi connectivity index (χ2v) is 34.9. The molecule has 3 nitrogen and oxygen atoms in total. The van der Waals surface area contributed by atoms with Crippen molar-refractivity contribution >= 4 is 130 Å². The molecule has 0 aliphatic carbocycles. The number of benzene rings is 22. The van der Waals surface area contributed by atoms with Crippen LogP contribution in [-0.4, -0.2) is 13.7 Å². The fourth-order valence-electron chi connectivity index (χ4n) is 20.7. The molecule has 604 valence electrons. The molecule has 0 saturated heterocycles.